The molecule has 1 aromatic heterocycles. The molecule has 0 bridgehead atoms. The molecule has 0 unspecified atom stereocenters. The summed E-state index contributed by atoms with van der Waals surface area (Å²) in [7, 11) is 1.87. The minimum atomic E-state index is 0.0503. The third-order valence-corrected chi connectivity index (χ3v) is 4.98. The maximum Gasteiger partial charge on any atom is 0.254 e. The summed E-state index contributed by atoms with van der Waals surface area (Å²) in [4.78, 5) is 18.2. The summed E-state index contributed by atoms with van der Waals surface area (Å²) in [5.74, 6) is 0.0503. The Morgan fingerprint density at radius 1 is 0.889 bits per heavy atom. The lowest BCUT2D eigenvalue weighted by atomic mass is 9.99. The van der Waals surface area contributed by atoms with E-state index in [1.807, 2.05) is 84.9 Å². The second-order valence-electron chi connectivity index (χ2n) is 6.75. The summed E-state index contributed by atoms with van der Waals surface area (Å²) in [6.45, 7) is 0.670. The van der Waals surface area contributed by atoms with E-state index in [0.717, 1.165) is 28.6 Å². The molecule has 3 nitrogen and oxygen atoms in total. The maximum absolute atomic E-state index is 13.1. The number of carbonyl (C=O) groups excluding carboxylic acids is 1. The van der Waals surface area contributed by atoms with Gasteiger partial charge in [-0.25, -0.2) is 0 Å². The van der Waals surface area contributed by atoms with E-state index >= 15 is 0 Å². The number of aromatic nitrogens is 1. The number of aromatic amines is 1. The number of carbonyl (C=O) groups is 1. The lowest BCUT2D eigenvalue weighted by Gasteiger charge is -2.19. The fourth-order valence-electron chi connectivity index (χ4n) is 3.47. The predicted octanol–water partition coefficient (Wildman–Crippen LogP) is 5.15. The van der Waals surface area contributed by atoms with Gasteiger partial charge in [-0.1, -0.05) is 66.7 Å². The van der Waals surface area contributed by atoms with Crippen molar-refractivity contribution in [3.05, 3.63) is 96.2 Å². The standard InChI is InChI=1S/C24H22N2O/c1-26(16-15-19-17-25-23-14-8-7-12-21(19)23)24(27)22-13-6-5-11-20(22)18-9-3-2-4-10-18/h2-14,17,25H,15-16H2,1H3. The minimum absolute atomic E-state index is 0.0503. The van der Waals surface area contributed by atoms with E-state index in [2.05, 4.69) is 17.1 Å². The van der Waals surface area contributed by atoms with Crippen molar-refractivity contribution >= 4 is 16.8 Å². The van der Waals surface area contributed by atoms with Crippen LogP contribution in [0.4, 0.5) is 0 Å². The summed E-state index contributed by atoms with van der Waals surface area (Å²) in [5, 5.41) is 1.23. The van der Waals surface area contributed by atoms with Crippen molar-refractivity contribution in [3.8, 4) is 11.1 Å². The predicted molar refractivity (Wildman–Crippen MR) is 111 cm³/mol. The number of H-pyrrole nitrogens is 1. The molecular formula is C24H22N2O. The van der Waals surface area contributed by atoms with E-state index in [1.165, 1.54) is 10.9 Å². The molecule has 27 heavy (non-hydrogen) atoms. The number of nitrogens with one attached hydrogen (secondary N) is 1. The monoisotopic (exact) mass is 354 g/mol. The van der Waals surface area contributed by atoms with Gasteiger partial charge in [0, 0.05) is 36.3 Å². The average Bonchev–Trinajstić information content (AvgIpc) is 3.15. The highest BCUT2D eigenvalue weighted by Crippen LogP contribution is 2.25. The second-order valence-corrected chi connectivity index (χ2v) is 6.75. The zero-order chi connectivity index (χ0) is 18.6. The van der Waals surface area contributed by atoms with Crippen LogP contribution in [-0.4, -0.2) is 29.4 Å². The van der Waals surface area contributed by atoms with Gasteiger partial charge >= 0.3 is 0 Å². The highest BCUT2D eigenvalue weighted by molar-refractivity contribution is 6.00. The summed E-state index contributed by atoms with van der Waals surface area (Å²) in [5.41, 5.74) is 5.15. The number of nitrogens with zero attached hydrogens (tertiary/aromatic N) is 1. The van der Waals surface area contributed by atoms with E-state index in [4.69, 9.17) is 0 Å². The molecule has 1 amide bonds. The molecule has 0 aliphatic rings. The van der Waals surface area contributed by atoms with Gasteiger partial charge in [0.05, 0.1) is 0 Å². The Balaban J connectivity index is 1.53. The Hall–Kier alpha value is -3.33. The van der Waals surface area contributed by atoms with Crippen LogP contribution in [0.15, 0.2) is 85.1 Å². The van der Waals surface area contributed by atoms with Crippen molar-refractivity contribution in [1.82, 2.24) is 9.88 Å². The van der Waals surface area contributed by atoms with Crippen LogP contribution in [-0.2, 0) is 6.42 Å². The number of fused-ring (bicyclic) bond motifs is 1. The van der Waals surface area contributed by atoms with Gasteiger partial charge in [-0.3, -0.25) is 4.79 Å². The van der Waals surface area contributed by atoms with Crippen LogP contribution in [0.2, 0.25) is 0 Å². The Labute approximate surface area is 159 Å². The molecule has 3 heteroatoms. The molecule has 134 valence electrons. The van der Waals surface area contributed by atoms with Crippen LogP contribution in [0.3, 0.4) is 0 Å². The van der Waals surface area contributed by atoms with Crippen LogP contribution in [0, 0.1) is 0 Å². The average molecular weight is 354 g/mol. The van der Waals surface area contributed by atoms with Crippen LogP contribution < -0.4 is 0 Å². The fourth-order valence-corrected chi connectivity index (χ4v) is 3.47. The van der Waals surface area contributed by atoms with Gasteiger partial charge in [0.1, 0.15) is 0 Å². The number of amides is 1. The van der Waals surface area contributed by atoms with Crippen molar-refractivity contribution in [1.29, 1.82) is 0 Å². The van der Waals surface area contributed by atoms with Crippen LogP contribution in [0.25, 0.3) is 22.0 Å². The molecule has 3 aromatic carbocycles. The lowest BCUT2D eigenvalue weighted by molar-refractivity contribution is 0.0797. The van der Waals surface area contributed by atoms with E-state index in [-0.39, 0.29) is 5.91 Å². The first-order valence-corrected chi connectivity index (χ1v) is 9.19. The molecular weight excluding hydrogens is 332 g/mol. The third-order valence-electron chi connectivity index (χ3n) is 4.98. The Morgan fingerprint density at radius 3 is 2.44 bits per heavy atom. The Morgan fingerprint density at radius 2 is 1.59 bits per heavy atom. The molecule has 1 N–H and O–H groups in total. The normalized spacial score (nSPS) is 10.9. The first-order valence-electron chi connectivity index (χ1n) is 9.19. The van der Waals surface area contributed by atoms with Crippen LogP contribution in [0.5, 0.6) is 0 Å². The topological polar surface area (TPSA) is 36.1 Å². The molecule has 0 fully saturated rings. The van der Waals surface area contributed by atoms with Gasteiger partial charge in [0.2, 0.25) is 0 Å². The highest BCUT2D eigenvalue weighted by atomic mass is 16.2. The van der Waals surface area contributed by atoms with Crippen LogP contribution >= 0.6 is 0 Å². The first kappa shape index (κ1) is 17.1. The number of para-hydroxylation sites is 1. The smallest absolute Gasteiger partial charge is 0.254 e. The minimum Gasteiger partial charge on any atom is -0.361 e. The summed E-state index contributed by atoms with van der Waals surface area (Å²) in [6, 6.07) is 26.1. The van der Waals surface area contributed by atoms with E-state index in [0.29, 0.717) is 6.54 Å². The number of hydrogen-bond donors (Lipinski definition) is 1. The van der Waals surface area contributed by atoms with E-state index in [1.54, 1.807) is 0 Å². The molecule has 4 rings (SSSR count). The molecule has 0 radical (unpaired) electrons. The highest BCUT2D eigenvalue weighted by Gasteiger charge is 2.16. The lowest BCUT2D eigenvalue weighted by Crippen LogP contribution is -2.29. The molecule has 0 saturated heterocycles. The van der Waals surface area contributed by atoms with Crippen molar-refractivity contribution in [3.63, 3.8) is 0 Å². The maximum atomic E-state index is 13.1. The van der Waals surface area contributed by atoms with Gasteiger partial charge in [0.15, 0.2) is 0 Å². The number of rotatable bonds is 5. The van der Waals surface area contributed by atoms with Crippen LogP contribution in [0.1, 0.15) is 15.9 Å². The quantitative estimate of drug-likeness (QED) is 0.529. The molecule has 1 heterocycles. The molecule has 4 aromatic rings. The second kappa shape index (κ2) is 7.50. The largest absolute Gasteiger partial charge is 0.361 e. The summed E-state index contributed by atoms with van der Waals surface area (Å²) >= 11 is 0. The third kappa shape index (κ3) is 3.49. The van der Waals surface area contributed by atoms with Crippen molar-refractivity contribution in [2.45, 2.75) is 6.42 Å². The number of benzene rings is 3. The van der Waals surface area contributed by atoms with Crippen molar-refractivity contribution in [2.75, 3.05) is 13.6 Å². The number of hydrogen-bond acceptors (Lipinski definition) is 1. The van der Waals surface area contributed by atoms with Crippen molar-refractivity contribution < 1.29 is 4.79 Å². The molecule has 0 aliphatic heterocycles. The van der Waals surface area contributed by atoms with Crippen molar-refractivity contribution in [2.24, 2.45) is 0 Å². The Kier molecular flexibility index (Phi) is 4.75. The van der Waals surface area contributed by atoms with Gasteiger partial charge in [0.25, 0.3) is 5.91 Å². The summed E-state index contributed by atoms with van der Waals surface area (Å²) in [6.07, 6.45) is 2.86. The zero-order valence-electron chi connectivity index (χ0n) is 15.4. The Bertz CT molecular complexity index is 1070. The van der Waals surface area contributed by atoms with E-state index < -0.39 is 0 Å². The van der Waals surface area contributed by atoms with E-state index in [9.17, 15) is 4.79 Å². The fraction of sp³-hybridized carbons (Fsp3) is 0.125. The van der Waals surface area contributed by atoms with Gasteiger partial charge < -0.3 is 9.88 Å². The molecule has 0 spiro atoms. The summed E-state index contributed by atoms with van der Waals surface area (Å²) < 4.78 is 0. The van der Waals surface area contributed by atoms with Gasteiger partial charge in [-0.15, -0.1) is 0 Å². The molecule has 0 aliphatic carbocycles. The SMILES string of the molecule is CN(CCc1c[nH]c2ccccc12)C(=O)c1ccccc1-c1ccccc1. The zero-order valence-corrected chi connectivity index (χ0v) is 15.4. The van der Waals surface area contributed by atoms with Gasteiger partial charge in [-0.05, 0) is 35.2 Å². The molecule has 0 saturated carbocycles. The molecule has 0 atom stereocenters. The number of likely N-dealkylation sites (N-methyl/N-ethyl adjacent to an activating group) is 1. The first-order chi connectivity index (χ1) is 13.2. The van der Waals surface area contributed by atoms with Gasteiger partial charge in [-0.2, -0.15) is 0 Å².